The maximum atomic E-state index is 9.82. The van der Waals surface area contributed by atoms with E-state index in [1.807, 2.05) is 0 Å². The van der Waals surface area contributed by atoms with E-state index >= 15 is 0 Å². The van der Waals surface area contributed by atoms with Crippen LogP contribution in [0.1, 0.15) is 10.4 Å². The third-order valence-electron chi connectivity index (χ3n) is 0.567. The molecule has 0 saturated heterocycles. The third-order valence-corrected chi connectivity index (χ3v) is 1.16. The second-order valence-corrected chi connectivity index (χ2v) is 1.71. The summed E-state index contributed by atoms with van der Waals surface area (Å²) < 4.78 is 0. The van der Waals surface area contributed by atoms with E-state index in [0.29, 0.717) is 5.56 Å². The zero-order valence-corrected chi connectivity index (χ0v) is 4.29. The lowest BCUT2D eigenvalue weighted by atomic mass is 10.4. The van der Waals surface area contributed by atoms with Crippen molar-refractivity contribution >= 4 is 17.6 Å². The second-order valence-electron chi connectivity index (χ2n) is 1.04. The van der Waals surface area contributed by atoms with Gasteiger partial charge in [-0.25, -0.2) is 0 Å². The zero-order chi connectivity index (χ0) is 5.11. The summed E-state index contributed by atoms with van der Waals surface area (Å²) in [6, 6.07) is 2.61. The van der Waals surface area contributed by atoms with Crippen LogP contribution < -0.4 is 0 Å². The quantitative estimate of drug-likeness (QED) is 0.496. The first-order valence-corrected chi connectivity index (χ1v) is 2.63. The Bertz CT molecular complexity index is 143. The Balaban J connectivity index is 2.96. The molecule has 1 aromatic heterocycles. The number of carbonyl (C=O) groups excluding carboxylic acids is 1. The van der Waals surface area contributed by atoms with Crippen LogP contribution in [0.25, 0.3) is 0 Å². The molecule has 0 aromatic carbocycles. The van der Waals surface area contributed by atoms with Gasteiger partial charge in [-0.3, -0.25) is 4.79 Å². The van der Waals surface area contributed by atoms with Crippen LogP contribution in [0.15, 0.2) is 5.38 Å². The van der Waals surface area contributed by atoms with Crippen LogP contribution in [0, 0.1) is 11.4 Å². The lowest BCUT2D eigenvalue weighted by molar-refractivity contribution is 0.112. The minimum atomic E-state index is 0.588. The van der Waals surface area contributed by atoms with Crippen LogP contribution in [0.3, 0.4) is 0 Å². The predicted octanol–water partition coefficient (Wildman–Crippen LogP) is 1.16. The average Bonchev–Trinajstić information content (AvgIpc) is 2.14. The fourth-order valence-corrected chi connectivity index (χ4v) is 0.745. The van der Waals surface area contributed by atoms with Gasteiger partial charge in [-0.1, -0.05) is 11.3 Å². The largest absolute Gasteiger partial charge is 0.297 e. The molecule has 0 spiro atoms. The van der Waals surface area contributed by atoms with Gasteiger partial charge in [0, 0.05) is 5.38 Å². The summed E-state index contributed by atoms with van der Waals surface area (Å²) in [5.74, 6) is 0. The van der Waals surface area contributed by atoms with Gasteiger partial charge in [0.05, 0.1) is 5.56 Å². The molecular weight excluding hydrogens is 108 g/mol. The molecule has 0 saturated carbocycles. The summed E-state index contributed by atoms with van der Waals surface area (Å²) in [5, 5.41) is 4.37. The molecule has 0 atom stereocenters. The summed E-state index contributed by atoms with van der Waals surface area (Å²) in [6.07, 6.45) is 0.757. The average molecular weight is 110 g/mol. The molecule has 0 aliphatic heterocycles. The first kappa shape index (κ1) is 4.35. The van der Waals surface area contributed by atoms with Gasteiger partial charge >= 0.3 is 0 Å². The molecule has 2 heteroatoms. The van der Waals surface area contributed by atoms with Crippen molar-refractivity contribution in [3.8, 4) is 0 Å². The van der Waals surface area contributed by atoms with Crippen molar-refractivity contribution in [1.29, 1.82) is 0 Å². The van der Waals surface area contributed by atoms with E-state index in [4.69, 9.17) is 0 Å². The molecule has 1 rings (SSSR count). The van der Waals surface area contributed by atoms with E-state index in [9.17, 15) is 4.79 Å². The van der Waals surface area contributed by atoms with Crippen LogP contribution in [0.5, 0.6) is 0 Å². The monoisotopic (exact) mass is 110 g/mol. The normalized spacial score (nSPS) is 7.43. The topological polar surface area (TPSA) is 17.1 Å². The molecule has 1 nitrogen and oxygen atoms in total. The molecule has 0 bridgehead atoms. The number of aldehydes is 1. The highest BCUT2D eigenvalue weighted by atomic mass is 32.1. The first-order valence-electron chi connectivity index (χ1n) is 1.75. The maximum absolute atomic E-state index is 9.82. The molecular formula is C5H2OS. The molecule has 0 radical (unpaired) electrons. The fourth-order valence-electron chi connectivity index (χ4n) is 0.268. The summed E-state index contributed by atoms with van der Waals surface area (Å²) >= 11 is 1.35. The molecule has 0 unspecified atom stereocenters. The highest BCUT2D eigenvalue weighted by molar-refractivity contribution is 7.07. The van der Waals surface area contributed by atoms with Crippen molar-refractivity contribution in [2.24, 2.45) is 0 Å². The Kier molecular flexibility index (Phi) is 1.10. The van der Waals surface area contributed by atoms with Crippen molar-refractivity contribution in [2.45, 2.75) is 0 Å². The van der Waals surface area contributed by atoms with Gasteiger partial charge in [0.15, 0.2) is 6.29 Å². The summed E-state index contributed by atoms with van der Waals surface area (Å²) in [6.45, 7) is 0. The maximum Gasteiger partial charge on any atom is 0.159 e. The molecule has 0 aliphatic rings. The van der Waals surface area contributed by atoms with E-state index in [-0.39, 0.29) is 0 Å². The Morgan fingerprint density at radius 3 is 3.00 bits per heavy atom. The molecule has 0 amide bonds. The van der Waals surface area contributed by atoms with Crippen molar-refractivity contribution in [2.75, 3.05) is 0 Å². The van der Waals surface area contributed by atoms with Crippen LogP contribution >= 0.6 is 11.3 Å². The van der Waals surface area contributed by atoms with Crippen molar-refractivity contribution in [1.82, 2.24) is 0 Å². The van der Waals surface area contributed by atoms with E-state index in [0.717, 1.165) is 6.29 Å². The molecule has 1 heterocycles. The van der Waals surface area contributed by atoms with Gasteiger partial charge in [0.1, 0.15) is 0 Å². The van der Waals surface area contributed by atoms with Gasteiger partial charge in [-0.05, 0) is 11.4 Å². The predicted molar refractivity (Wildman–Crippen MR) is 27.4 cm³/mol. The van der Waals surface area contributed by atoms with Gasteiger partial charge < -0.3 is 0 Å². The summed E-state index contributed by atoms with van der Waals surface area (Å²) in [7, 11) is 0. The minimum absolute atomic E-state index is 0.588. The minimum Gasteiger partial charge on any atom is -0.297 e. The standard InChI is InChI=1S/C5H2OS/c6-3-5-1-2-7-4-5/h3-4H. The van der Waals surface area contributed by atoms with E-state index in [1.54, 1.807) is 5.38 Å². The van der Waals surface area contributed by atoms with Crippen molar-refractivity contribution in [3.05, 3.63) is 22.4 Å². The zero-order valence-electron chi connectivity index (χ0n) is 3.47. The highest BCUT2D eigenvalue weighted by Gasteiger charge is 1.80. The number of hydrogen-bond acceptors (Lipinski definition) is 2. The van der Waals surface area contributed by atoms with E-state index in [2.05, 4.69) is 11.4 Å². The Morgan fingerprint density at radius 1 is 1.86 bits per heavy atom. The fraction of sp³-hybridized carbons (Fsp3) is 0. The molecule has 7 heavy (non-hydrogen) atoms. The summed E-state index contributed by atoms with van der Waals surface area (Å²) in [4.78, 5) is 9.82. The summed E-state index contributed by atoms with van der Waals surface area (Å²) in [5.41, 5.74) is 0.588. The number of hydrogen-bond donors (Lipinski definition) is 0. The Morgan fingerprint density at radius 2 is 2.71 bits per heavy atom. The SMILES string of the molecule is O=Cc1c#csc1. The third kappa shape index (κ3) is 0.787. The van der Waals surface area contributed by atoms with Gasteiger partial charge in [0.25, 0.3) is 0 Å². The number of carbonyl (C=O) groups is 1. The molecule has 0 N–H and O–H groups in total. The van der Waals surface area contributed by atoms with Gasteiger partial charge in [-0.15, -0.1) is 0 Å². The van der Waals surface area contributed by atoms with E-state index in [1.165, 1.54) is 11.3 Å². The molecule has 1 aromatic rings. The molecule has 34 valence electrons. The lowest BCUT2D eigenvalue weighted by Gasteiger charge is -1.62. The Labute approximate surface area is 45.6 Å². The van der Waals surface area contributed by atoms with E-state index < -0.39 is 0 Å². The van der Waals surface area contributed by atoms with Crippen molar-refractivity contribution < 1.29 is 4.79 Å². The van der Waals surface area contributed by atoms with Crippen LogP contribution in [-0.4, -0.2) is 6.29 Å². The molecule has 0 fully saturated rings. The van der Waals surface area contributed by atoms with Gasteiger partial charge in [0.2, 0.25) is 0 Å². The smallest absolute Gasteiger partial charge is 0.159 e. The van der Waals surface area contributed by atoms with Crippen molar-refractivity contribution in [3.63, 3.8) is 0 Å². The molecule has 0 aliphatic carbocycles. The number of rotatable bonds is 1. The van der Waals surface area contributed by atoms with Crippen LogP contribution in [-0.2, 0) is 0 Å². The second kappa shape index (κ2) is 1.76. The van der Waals surface area contributed by atoms with Crippen LogP contribution in [0.4, 0.5) is 0 Å². The Hall–Kier alpha value is -0.810. The lowest BCUT2D eigenvalue weighted by Crippen LogP contribution is -1.64. The van der Waals surface area contributed by atoms with Gasteiger partial charge in [-0.2, -0.15) is 0 Å². The van der Waals surface area contributed by atoms with Crippen LogP contribution in [0.2, 0.25) is 0 Å². The first-order chi connectivity index (χ1) is 3.43. The highest BCUT2D eigenvalue weighted by Crippen LogP contribution is 1.93.